The first-order chi connectivity index (χ1) is 11.2. The van der Waals surface area contributed by atoms with Crippen LogP contribution < -0.4 is 20.9 Å². The van der Waals surface area contributed by atoms with Crippen LogP contribution in [0.25, 0.3) is 0 Å². The summed E-state index contributed by atoms with van der Waals surface area (Å²) in [6, 6.07) is 9.26. The summed E-state index contributed by atoms with van der Waals surface area (Å²) in [7, 11) is 0. The summed E-state index contributed by atoms with van der Waals surface area (Å²) in [5.41, 5.74) is 0.885. The van der Waals surface area contributed by atoms with Crippen LogP contribution in [0, 0.1) is 5.92 Å². The van der Waals surface area contributed by atoms with Crippen molar-refractivity contribution < 1.29 is 9.59 Å². The Kier molecular flexibility index (Phi) is 5.12. The number of rotatable bonds is 5. The van der Waals surface area contributed by atoms with Crippen molar-refractivity contribution in [3.63, 3.8) is 0 Å². The fraction of sp³-hybridized carbons (Fsp3) is 0.529. The topological polar surface area (TPSA) is 73.5 Å². The number of carbonyl (C=O) groups is 2. The fourth-order valence-electron chi connectivity index (χ4n) is 3.25. The van der Waals surface area contributed by atoms with Crippen LogP contribution in [-0.2, 0) is 4.79 Å². The van der Waals surface area contributed by atoms with Crippen LogP contribution in [0.2, 0.25) is 0 Å². The fourth-order valence-corrected chi connectivity index (χ4v) is 3.25. The molecule has 23 heavy (non-hydrogen) atoms. The third kappa shape index (κ3) is 4.22. The maximum absolute atomic E-state index is 12.1. The van der Waals surface area contributed by atoms with Gasteiger partial charge >= 0.3 is 6.03 Å². The lowest BCUT2D eigenvalue weighted by atomic mass is 10.1. The lowest BCUT2D eigenvalue weighted by Crippen LogP contribution is -2.43. The molecular weight excluding hydrogens is 292 g/mol. The van der Waals surface area contributed by atoms with Crippen LogP contribution in [0.4, 0.5) is 10.5 Å². The van der Waals surface area contributed by atoms with Gasteiger partial charge in [0.05, 0.1) is 6.04 Å². The van der Waals surface area contributed by atoms with Crippen molar-refractivity contribution in [3.8, 4) is 0 Å². The van der Waals surface area contributed by atoms with Gasteiger partial charge in [0.1, 0.15) is 0 Å². The molecule has 0 saturated carbocycles. The second-order valence-corrected chi connectivity index (χ2v) is 6.29. The van der Waals surface area contributed by atoms with Crippen molar-refractivity contribution in [2.45, 2.75) is 25.3 Å². The van der Waals surface area contributed by atoms with Crippen LogP contribution in [0.3, 0.4) is 0 Å². The van der Waals surface area contributed by atoms with Gasteiger partial charge in [0.25, 0.3) is 0 Å². The molecule has 1 aromatic carbocycles. The molecule has 3 N–H and O–H groups in total. The maximum Gasteiger partial charge on any atom is 0.315 e. The summed E-state index contributed by atoms with van der Waals surface area (Å²) in [4.78, 5) is 25.8. The molecule has 0 bridgehead atoms. The molecule has 124 valence electrons. The van der Waals surface area contributed by atoms with Gasteiger partial charge in [0, 0.05) is 25.2 Å². The van der Waals surface area contributed by atoms with Gasteiger partial charge in [-0.15, -0.1) is 0 Å². The van der Waals surface area contributed by atoms with Crippen molar-refractivity contribution in [1.82, 2.24) is 16.0 Å². The van der Waals surface area contributed by atoms with Crippen LogP contribution in [0.5, 0.6) is 0 Å². The molecule has 6 nitrogen and oxygen atoms in total. The first-order valence-corrected chi connectivity index (χ1v) is 8.33. The molecule has 2 heterocycles. The van der Waals surface area contributed by atoms with Crippen LogP contribution in [0.1, 0.15) is 19.3 Å². The molecule has 2 unspecified atom stereocenters. The number of urea groups is 1. The van der Waals surface area contributed by atoms with Gasteiger partial charge in [-0.05, 0) is 44.0 Å². The Hall–Kier alpha value is -2.08. The number of nitrogens with one attached hydrogen (secondary N) is 3. The number of benzene rings is 1. The zero-order valence-corrected chi connectivity index (χ0v) is 13.3. The minimum absolute atomic E-state index is 0.0542. The summed E-state index contributed by atoms with van der Waals surface area (Å²) < 4.78 is 0. The molecule has 0 aliphatic carbocycles. The third-order valence-corrected chi connectivity index (χ3v) is 4.53. The molecule has 3 amide bonds. The van der Waals surface area contributed by atoms with Gasteiger partial charge < -0.3 is 20.9 Å². The van der Waals surface area contributed by atoms with E-state index in [0.29, 0.717) is 25.4 Å². The number of amides is 3. The minimum Gasteiger partial charge on any atom is -0.338 e. The Morgan fingerprint density at radius 1 is 1.30 bits per heavy atom. The predicted octanol–water partition coefficient (Wildman–Crippen LogP) is 1.09. The quantitative estimate of drug-likeness (QED) is 0.761. The van der Waals surface area contributed by atoms with Gasteiger partial charge in [-0.1, -0.05) is 18.2 Å². The normalized spacial score (nSPS) is 24.0. The molecule has 6 heteroatoms. The Morgan fingerprint density at radius 3 is 2.87 bits per heavy atom. The molecule has 1 aromatic rings. The van der Waals surface area contributed by atoms with E-state index in [0.717, 1.165) is 25.2 Å². The summed E-state index contributed by atoms with van der Waals surface area (Å²) >= 11 is 0. The molecule has 0 spiro atoms. The van der Waals surface area contributed by atoms with E-state index in [4.69, 9.17) is 0 Å². The lowest BCUT2D eigenvalue weighted by molar-refractivity contribution is -0.117. The van der Waals surface area contributed by atoms with Crippen molar-refractivity contribution >= 4 is 17.6 Å². The highest BCUT2D eigenvalue weighted by Gasteiger charge is 2.31. The second-order valence-electron chi connectivity index (χ2n) is 6.29. The number of nitrogens with zero attached hydrogens (tertiary/aromatic N) is 1. The smallest absolute Gasteiger partial charge is 0.315 e. The molecule has 2 aliphatic heterocycles. The molecular formula is C17H24N4O2. The van der Waals surface area contributed by atoms with Gasteiger partial charge in [0.2, 0.25) is 5.91 Å². The van der Waals surface area contributed by atoms with E-state index in [1.165, 1.54) is 6.42 Å². The second kappa shape index (κ2) is 7.46. The largest absolute Gasteiger partial charge is 0.338 e. The first-order valence-electron chi connectivity index (χ1n) is 8.33. The molecule has 2 atom stereocenters. The molecule has 0 radical (unpaired) electrons. The van der Waals surface area contributed by atoms with Crippen LogP contribution >= 0.6 is 0 Å². The van der Waals surface area contributed by atoms with E-state index in [9.17, 15) is 9.59 Å². The Bertz CT molecular complexity index is 543. The van der Waals surface area contributed by atoms with Gasteiger partial charge in [-0.25, -0.2) is 4.79 Å². The van der Waals surface area contributed by atoms with Crippen molar-refractivity contribution in [2.24, 2.45) is 5.92 Å². The number of para-hydroxylation sites is 1. The zero-order valence-electron chi connectivity index (χ0n) is 13.3. The Balaban J connectivity index is 1.41. The number of hydrogen-bond acceptors (Lipinski definition) is 3. The third-order valence-electron chi connectivity index (χ3n) is 4.53. The van der Waals surface area contributed by atoms with Crippen molar-refractivity contribution in [1.29, 1.82) is 0 Å². The maximum atomic E-state index is 12.1. The van der Waals surface area contributed by atoms with E-state index in [-0.39, 0.29) is 18.0 Å². The Labute approximate surface area is 136 Å². The monoisotopic (exact) mass is 316 g/mol. The van der Waals surface area contributed by atoms with Crippen molar-refractivity contribution in [3.05, 3.63) is 30.3 Å². The average molecular weight is 316 g/mol. The molecule has 2 fully saturated rings. The number of hydrogen-bond donors (Lipinski definition) is 3. The molecule has 0 aromatic heterocycles. The SMILES string of the molecule is O=C(NCCC1CCNC1)NC1CC(=O)N(c2ccccc2)C1. The zero-order chi connectivity index (χ0) is 16.1. The summed E-state index contributed by atoms with van der Waals surface area (Å²) in [6.07, 6.45) is 2.54. The Morgan fingerprint density at radius 2 is 2.13 bits per heavy atom. The van der Waals surface area contributed by atoms with Gasteiger partial charge in [-0.2, -0.15) is 0 Å². The highest BCUT2D eigenvalue weighted by molar-refractivity contribution is 5.96. The van der Waals surface area contributed by atoms with E-state index >= 15 is 0 Å². The van der Waals surface area contributed by atoms with Crippen LogP contribution in [-0.4, -0.2) is 44.2 Å². The summed E-state index contributed by atoms with van der Waals surface area (Å²) in [6.45, 7) is 3.34. The summed E-state index contributed by atoms with van der Waals surface area (Å²) in [5, 5.41) is 9.13. The van der Waals surface area contributed by atoms with Crippen LogP contribution in [0.15, 0.2) is 30.3 Å². The molecule has 3 rings (SSSR count). The highest BCUT2D eigenvalue weighted by atomic mass is 16.2. The van der Waals surface area contributed by atoms with Crippen molar-refractivity contribution in [2.75, 3.05) is 31.1 Å². The highest BCUT2D eigenvalue weighted by Crippen LogP contribution is 2.20. The molecule has 2 aliphatic rings. The van der Waals surface area contributed by atoms with Gasteiger partial charge in [-0.3, -0.25) is 4.79 Å². The molecule has 2 saturated heterocycles. The standard InChI is InChI=1S/C17H24N4O2/c22-16-10-14(12-21(16)15-4-2-1-3-5-15)20-17(23)19-9-7-13-6-8-18-11-13/h1-5,13-14,18H,6-12H2,(H2,19,20,23). The van der Waals surface area contributed by atoms with Gasteiger partial charge in [0.15, 0.2) is 0 Å². The first kappa shape index (κ1) is 15.8. The lowest BCUT2D eigenvalue weighted by Gasteiger charge is -2.17. The van der Waals surface area contributed by atoms with E-state index in [2.05, 4.69) is 16.0 Å². The average Bonchev–Trinajstić information content (AvgIpc) is 3.18. The number of anilines is 1. The minimum atomic E-state index is -0.177. The van der Waals surface area contributed by atoms with E-state index in [1.54, 1.807) is 4.90 Å². The number of carbonyl (C=O) groups excluding carboxylic acids is 2. The van der Waals surface area contributed by atoms with E-state index in [1.807, 2.05) is 30.3 Å². The van der Waals surface area contributed by atoms with E-state index < -0.39 is 0 Å². The summed E-state index contributed by atoms with van der Waals surface area (Å²) in [5.74, 6) is 0.718. The predicted molar refractivity (Wildman–Crippen MR) is 89.3 cm³/mol.